The second kappa shape index (κ2) is 9.07. The first kappa shape index (κ1) is 23.5. The molecule has 1 amide bonds. The molecule has 2 fully saturated rings. The summed E-state index contributed by atoms with van der Waals surface area (Å²) in [6.45, 7) is 3.65. The fraction of sp³-hybridized carbons (Fsp3) is 0.440. The number of esters is 1. The van der Waals surface area contributed by atoms with Gasteiger partial charge in [0, 0.05) is 18.2 Å². The molecule has 1 saturated heterocycles. The number of carbonyl (C=O) groups is 2. The number of hydrogen-bond acceptors (Lipinski definition) is 7. The van der Waals surface area contributed by atoms with E-state index in [1.54, 1.807) is 17.7 Å². The zero-order valence-corrected chi connectivity index (χ0v) is 20.5. The molecule has 184 valence electrons. The lowest BCUT2D eigenvalue weighted by Gasteiger charge is -2.15. The highest BCUT2D eigenvalue weighted by Gasteiger charge is 2.34. The lowest BCUT2D eigenvalue weighted by atomic mass is 10.1. The first-order chi connectivity index (χ1) is 16.7. The predicted molar refractivity (Wildman–Crippen MR) is 130 cm³/mol. The van der Waals surface area contributed by atoms with Crippen molar-refractivity contribution in [3.8, 4) is 0 Å². The fourth-order valence-corrected chi connectivity index (χ4v) is 6.20. The smallest absolute Gasteiger partial charge is 0.339 e. The van der Waals surface area contributed by atoms with Crippen molar-refractivity contribution in [3.05, 3.63) is 58.9 Å². The number of aryl methyl sites for hydroxylation is 1. The molecule has 1 aliphatic carbocycles. The van der Waals surface area contributed by atoms with Crippen molar-refractivity contribution in [2.45, 2.75) is 57.7 Å². The molecule has 9 nitrogen and oxygen atoms in total. The van der Waals surface area contributed by atoms with Gasteiger partial charge in [0.1, 0.15) is 0 Å². The summed E-state index contributed by atoms with van der Waals surface area (Å²) in [5.41, 5.74) is 3.10. The van der Waals surface area contributed by atoms with Gasteiger partial charge >= 0.3 is 5.97 Å². The topological polar surface area (TPSA) is 120 Å². The normalized spacial score (nSPS) is 20.0. The summed E-state index contributed by atoms with van der Waals surface area (Å²) >= 11 is 0. The van der Waals surface area contributed by atoms with Crippen LogP contribution < -0.4 is 5.32 Å². The van der Waals surface area contributed by atoms with Gasteiger partial charge in [-0.1, -0.05) is 30.3 Å². The van der Waals surface area contributed by atoms with Crippen LogP contribution in [0.3, 0.4) is 0 Å². The van der Waals surface area contributed by atoms with Crippen molar-refractivity contribution in [1.29, 1.82) is 0 Å². The molecular formula is C25H28N4O5S. The number of fused-ring (bicyclic) bond motifs is 1. The SMILES string of the molecule is Cc1nn([C@H]2CCS(=O)(=O)C2)c2nc(C3CC3)cc(C(=O)O[C@@H](C)C(=O)NCc3ccccc3)c12. The largest absolute Gasteiger partial charge is 0.449 e. The maximum atomic E-state index is 13.3. The lowest BCUT2D eigenvalue weighted by molar-refractivity contribution is -0.129. The highest BCUT2D eigenvalue weighted by atomic mass is 32.2. The van der Waals surface area contributed by atoms with E-state index in [-0.39, 0.29) is 23.5 Å². The standard InChI is InChI=1S/C25H28N4O5S/c1-15-22-20(25(31)34-16(2)24(30)26-13-17-6-4-3-5-7-17)12-21(18-8-9-18)27-23(22)29(28-15)19-10-11-35(32,33)14-19/h3-7,12,16,18-19H,8-11,13-14H2,1-2H3,(H,26,30)/t16-,19-/m0/s1. The number of carbonyl (C=O) groups excluding carboxylic acids is 2. The third-order valence-corrected chi connectivity index (χ3v) is 8.34. The van der Waals surface area contributed by atoms with Crippen molar-refractivity contribution in [3.63, 3.8) is 0 Å². The number of nitrogens with zero attached hydrogens (tertiary/aromatic N) is 3. The third-order valence-electron chi connectivity index (χ3n) is 6.59. The van der Waals surface area contributed by atoms with Gasteiger partial charge in [0.05, 0.1) is 34.2 Å². The highest BCUT2D eigenvalue weighted by Crippen LogP contribution is 2.41. The van der Waals surface area contributed by atoms with E-state index in [2.05, 4.69) is 10.4 Å². The Balaban J connectivity index is 1.41. The molecule has 1 N–H and O–H groups in total. The van der Waals surface area contributed by atoms with Crippen LogP contribution in [0.5, 0.6) is 0 Å². The molecule has 0 radical (unpaired) electrons. The van der Waals surface area contributed by atoms with Crippen LogP contribution in [-0.4, -0.2) is 52.7 Å². The van der Waals surface area contributed by atoms with Gasteiger partial charge in [-0.25, -0.2) is 22.9 Å². The van der Waals surface area contributed by atoms with Crippen LogP contribution in [0.2, 0.25) is 0 Å². The molecule has 35 heavy (non-hydrogen) atoms. The van der Waals surface area contributed by atoms with Crippen LogP contribution in [-0.2, 0) is 25.9 Å². The molecule has 0 bridgehead atoms. The van der Waals surface area contributed by atoms with Crippen LogP contribution in [0, 0.1) is 6.92 Å². The summed E-state index contributed by atoms with van der Waals surface area (Å²) in [7, 11) is -3.12. The summed E-state index contributed by atoms with van der Waals surface area (Å²) < 4.78 is 31.4. The van der Waals surface area contributed by atoms with Crippen LogP contribution in [0.4, 0.5) is 0 Å². The molecule has 1 aromatic carbocycles. The molecule has 5 rings (SSSR count). The number of sulfone groups is 1. The van der Waals surface area contributed by atoms with Gasteiger partial charge in [0.25, 0.3) is 5.91 Å². The number of rotatable bonds is 7. The Labute approximate surface area is 203 Å². The molecule has 2 aliphatic rings. The number of amides is 1. The summed E-state index contributed by atoms with van der Waals surface area (Å²) in [6, 6.07) is 10.9. The minimum Gasteiger partial charge on any atom is -0.449 e. The van der Waals surface area contributed by atoms with Crippen LogP contribution >= 0.6 is 0 Å². The van der Waals surface area contributed by atoms with Crippen LogP contribution in [0.15, 0.2) is 36.4 Å². The molecule has 0 unspecified atom stereocenters. The number of pyridine rings is 1. The van der Waals surface area contributed by atoms with E-state index >= 15 is 0 Å². The van der Waals surface area contributed by atoms with Gasteiger partial charge < -0.3 is 10.1 Å². The van der Waals surface area contributed by atoms with E-state index in [4.69, 9.17) is 9.72 Å². The van der Waals surface area contributed by atoms with E-state index < -0.39 is 27.8 Å². The van der Waals surface area contributed by atoms with Crippen molar-refractivity contribution < 1.29 is 22.7 Å². The van der Waals surface area contributed by atoms with Gasteiger partial charge in [0.2, 0.25) is 0 Å². The summed E-state index contributed by atoms with van der Waals surface area (Å²) in [5, 5.41) is 7.91. The van der Waals surface area contributed by atoms with Gasteiger partial charge in [0.15, 0.2) is 21.6 Å². The number of hydrogen-bond donors (Lipinski definition) is 1. The van der Waals surface area contributed by atoms with Crippen LogP contribution in [0.25, 0.3) is 11.0 Å². The Hall–Kier alpha value is -3.27. The van der Waals surface area contributed by atoms with Crippen molar-refractivity contribution in [2.24, 2.45) is 0 Å². The average Bonchev–Trinajstić information content (AvgIpc) is 3.55. The zero-order valence-electron chi connectivity index (χ0n) is 19.7. The second-order valence-electron chi connectivity index (χ2n) is 9.41. The van der Waals surface area contributed by atoms with Gasteiger partial charge in [-0.15, -0.1) is 0 Å². The Bertz CT molecular complexity index is 1400. The van der Waals surface area contributed by atoms with Gasteiger partial charge in [-0.3, -0.25) is 4.79 Å². The zero-order chi connectivity index (χ0) is 24.7. The van der Waals surface area contributed by atoms with E-state index in [0.29, 0.717) is 35.3 Å². The van der Waals surface area contributed by atoms with Crippen molar-refractivity contribution in [2.75, 3.05) is 11.5 Å². The summed E-state index contributed by atoms with van der Waals surface area (Å²) in [5.74, 6) is -0.627. The maximum Gasteiger partial charge on any atom is 0.339 e. The predicted octanol–water partition coefficient (Wildman–Crippen LogP) is 2.84. The molecule has 0 spiro atoms. The third kappa shape index (κ3) is 4.93. The molecular weight excluding hydrogens is 468 g/mol. The van der Waals surface area contributed by atoms with Gasteiger partial charge in [-0.2, -0.15) is 5.10 Å². The van der Waals surface area contributed by atoms with E-state index in [9.17, 15) is 18.0 Å². The monoisotopic (exact) mass is 496 g/mol. The number of nitrogens with one attached hydrogen (secondary N) is 1. The Morgan fingerprint density at radius 3 is 2.60 bits per heavy atom. The molecule has 1 aliphatic heterocycles. The minimum absolute atomic E-state index is 0.0109. The summed E-state index contributed by atoms with van der Waals surface area (Å²) in [6.07, 6.45) is 1.44. The molecule has 3 aromatic rings. The van der Waals surface area contributed by atoms with Gasteiger partial charge in [-0.05, 0) is 44.7 Å². The number of benzene rings is 1. The Kier molecular flexibility index (Phi) is 6.08. The van der Waals surface area contributed by atoms with E-state index in [0.717, 1.165) is 24.1 Å². The fourth-order valence-electron chi connectivity index (χ4n) is 4.51. The molecule has 1 saturated carbocycles. The highest BCUT2D eigenvalue weighted by molar-refractivity contribution is 7.91. The molecule has 10 heteroatoms. The Morgan fingerprint density at radius 2 is 1.94 bits per heavy atom. The average molecular weight is 497 g/mol. The molecule has 2 atom stereocenters. The Morgan fingerprint density at radius 1 is 1.20 bits per heavy atom. The molecule has 2 aromatic heterocycles. The van der Waals surface area contributed by atoms with E-state index in [1.165, 1.54) is 6.92 Å². The second-order valence-corrected chi connectivity index (χ2v) is 11.6. The minimum atomic E-state index is -3.12. The van der Waals surface area contributed by atoms with Crippen molar-refractivity contribution >= 4 is 32.7 Å². The summed E-state index contributed by atoms with van der Waals surface area (Å²) in [4.78, 5) is 30.6. The number of aromatic nitrogens is 3. The van der Waals surface area contributed by atoms with Crippen LogP contribution in [0.1, 0.15) is 65.5 Å². The maximum absolute atomic E-state index is 13.3. The van der Waals surface area contributed by atoms with E-state index in [1.807, 2.05) is 30.3 Å². The lowest BCUT2D eigenvalue weighted by Crippen LogP contribution is -2.35. The quantitative estimate of drug-likeness (QED) is 0.499. The number of ether oxygens (including phenoxy) is 1. The first-order valence-corrected chi connectivity index (χ1v) is 13.7. The molecule has 3 heterocycles. The first-order valence-electron chi connectivity index (χ1n) is 11.8. The van der Waals surface area contributed by atoms with Crippen molar-refractivity contribution in [1.82, 2.24) is 20.1 Å².